The van der Waals surface area contributed by atoms with Crippen LogP contribution in [-0.4, -0.2) is 23.7 Å². The summed E-state index contributed by atoms with van der Waals surface area (Å²) in [4.78, 5) is 10.8. The van der Waals surface area contributed by atoms with Crippen molar-refractivity contribution in [3.8, 4) is 39.8 Å². The van der Waals surface area contributed by atoms with Crippen LogP contribution < -0.4 is 0 Å². The molecule has 0 amide bonds. The van der Waals surface area contributed by atoms with Gasteiger partial charge in [0, 0.05) is 55.6 Å². The molecule has 11 rings (SSSR count). The molecule has 4 heterocycles. The first kappa shape index (κ1) is 29.5. The van der Waals surface area contributed by atoms with Gasteiger partial charge in [0.05, 0.1) is 39.0 Å². The molecule has 0 bridgehead atoms. The van der Waals surface area contributed by atoms with Crippen molar-refractivity contribution in [2.45, 2.75) is 0 Å². The minimum atomic E-state index is 0.629. The monoisotopic (exact) mass is 677 g/mol. The van der Waals surface area contributed by atoms with Gasteiger partial charge in [-0.1, -0.05) is 127 Å². The molecule has 0 fully saturated rings. The number of nitrogens with zero attached hydrogens (tertiary/aromatic N) is 5. The normalized spacial score (nSPS) is 11.8. The number of hydrogen-bond donors (Lipinski definition) is 0. The van der Waals surface area contributed by atoms with Gasteiger partial charge in [0.1, 0.15) is 0 Å². The minimum absolute atomic E-state index is 0.629. The van der Waals surface area contributed by atoms with E-state index in [1.165, 1.54) is 10.8 Å². The maximum atomic E-state index is 5.41. The first-order valence-electron chi connectivity index (χ1n) is 17.9. The topological polar surface area (TPSA) is 40.6 Å². The van der Waals surface area contributed by atoms with Crippen molar-refractivity contribution in [1.29, 1.82) is 0 Å². The zero-order valence-corrected chi connectivity index (χ0v) is 28.6. The molecule has 0 atom stereocenters. The summed E-state index contributed by atoms with van der Waals surface area (Å²) in [6.45, 7) is 0. The molecule has 0 N–H and O–H groups in total. The average Bonchev–Trinajstić information content (AvgIpc) is 3.91. The lowest BCUT2D eigenvalue weighted by atomic mass is 10.1. The quantitative estimate of drug-likeness (QED) is 0.182. The third-order valence-electron chi connectivity index (χ3n) is 10.5. The zero-order valence-electron chi connectivity index (χ0n) is 28.6. The van der Waals surface area contributed by atoms with Crippen molar-refractivity contribution in [2.24, 2.45) is 0 Å². The van der Waals surface area contributed by atoms with E-state index in [4.69, 9.17) is 9.97 Å². The van der Waals surface area contributed by atoms with Gasteiger partial charge in [0.15, 0.2) is 0 Å². The van der Waals surface area contributed by atoms with Gasteiger partial charge in [-0.25, -0.2) is 9.97 Å². The molecule has 7 aromatic carbocycles. The van der Waals surface area contributed by atoms with Crippen molar-refractivity contribution in [1.82, 2.24) is 23.7 Å². The molecule has 0 saturated carbocycles. The van der Waals surface area contributed by atoms with E-state index < -0.39 is 0 Å². The van der Waals surface area contributed by atoms with Crippen LogP contribution in [0, 0.1) is 0 Å². The molecule has 248 valence electrons. The maximum Gasteiger partial charge on any atom is 0.235 e. The molecule has 11 aromatic rings. The first-order chi connectivity index (χ1) is 26.3. The summed E-state index contributed by atoms with van der Waals surface area (Å²) in [5.74, 6) is 0.629. The molecular formula is C48H31N5. The molecule has 0 unspecified atom stereocenters. The smallest absolute Gasteiger partial charge is 0.235 e. The fraction of sp³-hybridized carbons (Fsp3) is 0. The van der Waals surface area contributed by atoms with Gasteiger partial charge in [0.25, 0.3) is 0 Å². The summed E-state index contributed by atoms with van der Waals surface area (Å²) in [6.07, 6.45) is 2.16. The van der Waals surface area contributed by atoms with E-state index in [0.29, 0.717) is 5.95 Å². The summed E-state index contributed by atoms with van der Waals surface area (Å²) in [5, 5.41) is 5.82. The summed E-state index contributed by atoms with van der Waals surface area (Å²) < 4.78 is 6.99. The van der Waals surface area contributed by atoms with E-state index >= 15 is 0 Å². The molecule has 5 heteroatoms. The van der Waals surface area contributed by atoms with E-state index in [9.17, 15) is 0 Å². The Kier molecular flexibility index (Phi) is 6.48. The Morgan fingerprint density at radius 2 is 0.906 bits per heavy atom. The Balaban J connectivity index is 1.33. The lowest BCUT2D eigenvalue weighted by Gasteiger charge is -2.14. The van der Waals surface area contributed by atoms with E-state index in [-0.39, 0.29) is 0 Å². The maximum absolute atomic E-state index is 5.41. The lowest BCUT2D eigenvalue weighted by Crippen LogP contribution is -2.05. The van der Waals surface area contributed by atoms with Crippen LogP contribution in [0.3, 0.4) is 0 Å². The molecular weight excluding hydrogens is 647 g/mol. The molecule has 53 heavy (non-hydrogen) atoms. The third-order valence-corrected chi connectivity index (χ3v) is 10.5. The Morgan fingerprint density at radius 3 is 1.57 bits per heavy atom. The van der Waals surface area contributed by atoms with E-state index in [2.05, 4.69) is 190 Å². The van der Waals surface area contributed by atoms with Gasteiger partial charge in [-0.2, -0.15) is 0 Å². The van der Waals surface area contributed by atoms with Gasteiger partial charge in [-0.05, 0) is 54.6 Å². The number of benzene rings is 7. The molecule has 0 aliphatic rings. The Hall–Kier alpha value is -7.24. The molecule has 0 spiro atoms. The molecule has 0 saturated heterocycles. The lowest BCUT2D eigenvalue weighted by molar-refractivity contribution is 0.995. The number of fused-ring (bicyclic) bond motifs is 8. The van der Waals surface area contributed by atoms with Crippen LogP contribution in [0.5, 0.6) is 0 Å². The van der Waals surface area contributed by atoms with Crippen LogP contribution in [0.2, 0.25) is 0 Å². The molecule has 0 aliphatic heterocycles. The second-order valence-electron chi connectivity index (χ2n) is 13.5. The first-order valence-corrected chi connectivity index (χ1v) is 17.9. The predicted molar refractivity (Wildman–Crippen MR) is 218 cm³/mol. The van der Waals surface area contributed by atoms with Crippen molar-refractivity contribution in [2.75, 3.05) is 0 Å². The highest BCUT2D eigenvalue weighted by Crippen LogP contribution is 2.43. The van der Waals surface area contributed by atoms with Crippen LogP contribution in [-0.2, 0) is 0 Å². The number of aromatic nitrogens is 5. The van der Waals surface area contributed by atoms with Gasteiger partial charge in [-0.15, -0.1) is 0 Å². The van der Waals surface area contributed by atoms with Crippen LogP contribution in [0.4, 0.5) is 0 Å². The second-order valence-corrected chi connectivity index (χ2v) is 13.5. The van der Waals surface area contributed by atoms with Crippen LogP contribution in [0.15, 0.2) is 188 Å². The van der Waals surface area contributed by atoms with Crippen LogP contribution in [0.1, 0.15) is 0 Å². The second kappa shape index (κ2) is 11.7. The number of para-hydroxylation sites is 3. The molecule has 5 nitrogen and oxygen atoms in total. The molecule has 4 aromatic heterocycles. The Morgan fingerprint density at radius 1 is 0.358 bits per heavy atom. The fourth-order valence-electron chi connectivity index (χ4n) is 8.09. The summed E-state index contributed by atoms with van der Waals surface area (Å²) >= 11 is 0. The van der Waals surface area contributed by atoms with Gasteiger partial charge in [0.2, 0.25) is 5.95 Å². The van der Waals surface area contributed by atoms with Gasteiger partial charge in [-0.3, -0.25) is 4.57 Å². The largest absolute Gasteiger partial charge is 0.317 e. The van der Waals surface area contributed by atoms with Gasteiger partial charge < -0.3 is 9.13 Å². The van der Waals surface area contributed by atoms with Crippen molar-refractivity contribution in [3.63, 3.8) is 0 Å². The Bertz CT molecular complexity index is 3080. The van der Waals surface area contributed by atoms with E-state index in [0.717, 1.165) is 77.6 Å². The SMILES string of the molecule is c1ccc(-c2cc(-c3ccccc3)nc(-n3c4cc5ccn(-c6ccccc6)c5cc4c4ccc5c6ccccc6n(-c6ccccc6)c5c43)n2)cc1. The minimum Gasteiger partial charge on any atom is -0.317 e. The van der Waals surface area contributed by atoms with Crippen molar-refractivity contribution in [3.05, 3.63) is 188 Å². The standard InChI is InChI=1S/C48H31N5/c1-5-15-32(16-6-1)41-31-42(33-17-7-2-8-18-33)50-48(49-41)53-45-29-34-27-28-51(35-19-9-3-10-20-35)44(34)30-40(45)39-26-25-38-37-23-13-14-24-43(37)52(46(38)47(39)53)36-21-11-4-12-22-36/h1-31H. The van der Waals surface area contributed by atoms with E-state index in [1.807, 2.05) is 12.1 Å². The number of rotatable bonds is 5. The Labute approximate surface area is 305 Å². The molecule has 0 radical (unpaired) electrons. The van der Waals surface area contributed by atoms with E-state index in [1.54, 1.807) is 0 Å². The summed E-state index contributed by atoms with van der Waals surface area (Å²) in [7, 11) is 0. The highest BCUT2D eigenvalue weighted by atomic mass is 15.2. The average molecular weight is 678 g/mol. The zero-order chi connectivity index (χ0) is 34.9. The van der Waals surface area contributed by atoms with Gasteiger partial charge >= 0.3 is 0 Å². The number of hydrogen-bond acceptors (Lipinski definition) is 2. The van der Waals surface area contributed by atoms with Crippen LogP contribution in [0.25, 0.3) is 94.4 Å². The van der Waals surface area contributed by atoms with Crippen LogP contribution >= 0.6 is 0 Å². The molecule has 0 aliphatic carbocycles. The van der Waals surface area contributed by atoms with Crippen molar-refractivity contribution < 1.29 is 0 Å². The third kappa shape index (κ3) is 4.57. The fourth-order valence-corrected chi connectivity index (χ4v) is 8.09. The highest BCUT2D eigenvalue weighted by Gasteiger charge is 2.24. The summed E-state index contributed by atoms with van der Waals surface area (Å²) in [5.41, 5.74) is 11.6. The predicted octanol–water partition coefficient (Wildman–Crippen LogP) is 11.9. The highest BCUT2D eigenvalue weighted by molar-refractivity contribution is 6.24. The summed E-state index contributed by atoms with van der Waals surface area (Å²) in [6, 6.07) is 64.3. The van der Waals surface area contributed by atoms with Crippen molar-refractivity contribution >= 4 is 54.5 Å².